The summed E-state index contributed by atoms with van der Waals surface area (Å²) in [5, 5.41) is 22.8. The zero-order chi connectivity index (χ0) is 23.5. The van der Waals surface area contributed by atoms with Crippen molar-refractivity contribution in [1.82, 2.24) is 5.32 Å². The second-order valence-electron chi connectivity index (χ2n) is 6.80. The van der Waals surface area contributed by atoms with Gasteiger partial charge in [0.25, 0.3) is 0 Å². The van der Waals surface area contributed by atoms with E-state index in [-0.39, 0.29) is 31.7 Å². The van der Waals surface area contributed by atoms with Crippen molar-refractivity contribution < 1.29 is 29.3 Å². The first-order valence-corrected chi connectivity index (χ1v) is 10.1. The van der Waals surface area contributed by atoms with E-state index in [1.807, 2.05) is 0 Å². The zero-order valence-electron chi connectivity index (χ0n) is 17.1. The fraction of sp³-hybridized carbons (Fsp3) is 0.273. The molecule has 2 aromatic carbocycles. The topological polar surface area (TPSA) is 151 Å². The number of isothiocyanates is 1. The van der Waals surface area contributed by atoms with E-state index in [4.69, 9.17) is 20.7 Å². The van der Waals surface area contributed by atoms with Crippen molar-refractivity contribution >= 4 is 40.7 Å². The number of ketones is 1. The molecule has 0 bridgehead atoms. The minimum atomic E-state index is -1.21. The molecule has 0 fully saturated rings. The van der Waals surface area contributed by atoms with Crippen molar-refractivity contribution in [2.45, 2.75) is 31.5 Å². The highest BCUT2D eigenvalue weighted by molar-refractivity contribution is 7.78. The number of carboxylic acids is 1. The number of carbonyl (C=O) groups is 3. The van der Waals surface area contributed by atoms with Crippen LogP contribution >= 0.6 is 12.2 Å². The van der Waals surface area contributed by atoms with Crippen LogP contribution in [0.2, 0.25) is 0 Å². The van der Waals surface area contributed by atoms with E-state index in [9.17, 15) is 14.4 Å². The average Bonchev–Trinajstić information content (AvgIpc) is 2.77. The van der Waals surface area contributed by atoms with Gasteiger partial charge in [0.15, 0.2) is 5.78 Å². The summed E-state index contributed by atoms with van der Waals surface area (Å²) in [6, 6.07) is 11.9. The van der Waals surface area contributed by atoms with Crippen molar-refractivity contribution in [3.05, 3.63) is 59.7 Å². The summed E-state index contributed by atoms with van der Waals surface area (Å²) in [6.07, 6.45) is -1.15. The van der Waals surface area contributed by atoms with Gasteiger partial charge in [-0.3, -0.25) is 9.59 Å². The van der Waals surface area contributed by atoms with Gasteiger partial charge in [-0.2, -0.15) is 4.99 Å². The lowest BCUT2D eigenvalue weighted by atomic mass is 10.0. The predicted octanol–water partition coefficient (Wildman–Crippen LogP) is 2.05. The fourth-order valence-electron chi connectivity index (χ4n) is 2.73. The third kappa shape index (κ3) is 8.01. The van der Waals surface area contributed by atoms with E-state index in [0.717, 1.165) is 0 Å². The summed E-state index contributed by atoms with van der Waals surface area (Å²) in [6.45, 7) is 0.0207. The van der Waals surface area contributed by atoms with Gasteiger partial charge in [-0.1, -0.05) is 0 Å². The number of hydrogen-bond acceptors (Lipinski definition) is 8. The number of aliphatic hydroxyl groups excluding tert-OH is 1. The molecule has 0 saturated carbocycles. The molecule has 0 aliphatic rings. The fourth-order valence-corrected chi connectivity index (χ4v) is 2.84. The van der Waals surface area contributed by atoms with Crippen molar-refractivity contribution in [3.8, 4) is 5.75 Å². The summed E-state index contributed by atoms with van der Waals surface area (Å²) < 4.78 is 5.49. The minimum Gasteiger partial charge on any atom is -0.493 e. The average molecular weight is 458 g/mol. The Morgan fingerprint density at radius 1 is 1.06 bits per heavy atom. The number of amides is 1. The molecule has 2 atom stereocenters. The molecule has 2 rings (SSSR count). The number of aliphatic carboxylic acids is 1. The number of carbonyl (C=O) groups excluding carboxylic acids is 2. The number of nitrogens with zero attached hydrogens (tertiary/aromatic N) is 1. The Kier molecular flexibility index (Phi) is 9.65. The Morgan fingerprint density at radius 2 is 1.66 bits per heavy atom. The molecule has 32 heavy (non-hydrogen) atoms. The third-order valence-electron chi connectivity index (χ3n) is 4.40. The minimum absolute atomic E-state index is 0.0113. The summed E-state index contributed by atoms with van der Waals surface area (Å²) in [4.78, 5) is 39.5. The second kappa shape index (κ2) is 12.4. The van der Waals surface area contributed by atoms with E-state index in [1.54, 1.807) is 48.5 Å². The number of aliphatic hydroxyl groups is 1. The van der Waals surface area contributed by atoms with Crippen molar-refractivity contribution in [2.24, 2.45) is 10.7 Å². The SMILES string of the molecule is NC(O)CCC(NC(=O)CCOc1ccc(C(=O)c2ccc(N=C=S)cc2)cc1)C(=O)O. The molecule has 0 aliphatic carbocycles. The Balaban J connectivity index is 1.84. The number of thiocarbonyl (C=S) groups is 1. The summed E-state index contributed by atoms with van der Waals surface area (Å²) >= 11 is 4.55. The molecule has 0 heterocycles. The Morgan fingerprint density at radius 3 is 2.19 bits per heavy atom. The molecule has 9 nitrogen and oxygen atoms in total. The number of rotatable bonds is 12. The molecule has 0 aromatic heterocycles. The highest BCUT2D eigenvalue weighted by Crippen LogP contribution is 2.18. The lowest BCUT2D eigenvalue weighted by Gasteiger charge is -2.15. The summed E-state index contributed by atoms with van der Waals surface area (Å²) in [7, 11) is 0. The number of carboxylic acid groups (broad SMARTS) is 1. The highest BCUT2D eigenvalue weighted by Gasteiger charge is 2.20. The molecule has 1 amide bonds. The van der Waals surface area contributed by atoms with Crippen LogP contribution in [0.25, 0.3) is 0 Å². The number of hydrogen-bond donors (Lipinski definition) is 4. The van der Waals surface area contributed by atoms with Crippen molar-refractivity contribution in [1.29, 1.82) is 0 Å². The normalized spacial score (nSPS) is 12.2. The zero-order valence-corrected chi connectivity index (χ0v) is 17.9. The quantitative estimate of drug-likeness (QED) is 0.164. The second-order valence-corrected chi connectivity index (χ2v) is 6.99. The number of nitrogens with one attached hydrogen (secondary N) is 1. The Labute approximate surface area is 189 Å². The van der Waals surface area contributed by atoms with Crippen LogP contribution in [-0.2, 0) is 9.59 Å². The third-order valence-corrected chi connectivity index (χ3v) is 4.49. The first-order valence-electron chi connectivity index (χ1n) is 9.71. The van der Waals surface area contributed by atoms with Crippen molar-refractivity contribution in [3.63, 3.8) is 0 Å². The monoisotopic (exact) mass is 457 g/mol. The lowest BCUT2D eigenvalue weighted by molar-refractivity contribution is -0.142. The molecule has 0 aliphatic heterocycles. The van der Waals surface area contributed by atoms with Gasteiger partial charge in [0.05, 0.1) is 23.9 Å². The van der Waals surface area contributed by atoms with Crippen LogP contribution in [0, 0.1) is 0 Å². The van der Waals surface area contributed by atoms with E-state index >= 15 is 0 Å². The molecule has 10 heteroatoms. The lowest BCUT2D eigenvalue weighted by Crippen LogP contribution is -2.42. The number of aliphatic imine (C=N–C) groups is 1. The standard InChI is InChI=1S/C22H23N3O6S/c23-19(26)10-9-18(22(29)30)25-20(27)11-12-31-17-7-3-15(4-8-17)21(28)14-1-5-16(6-2-14)24-13-32/h1-8,18-19,26H,9-12,23H2,(H,25,27)(H,29,30). The van der Waals surface area contributed by atoms with Gasteiger partial charge in [-0.05, 0) is 73.6 Å². The molecule has 168 valence electrons. The van der Waals surface area contributed by atoms with E-state index in [2.05, 4.69) is 27.7 Å². The number of nitrogens with two attached hydrogens (primary N) is 1. The number of benzene rings is 2. The van der Waals surface area contributed by atoms with Gasteiger partial charge in [-0.15, -0.1) is 0 Å². The van der Waals surface area contributed by atoms with Gasteiger partial charge >= 0.3 is 5.97 Å². The summed E-state index contributed by atoms with van der Waals surface area (Å²) in [5.74, 6) is -1.42. The maximum atomic E-state index is 12.6. The maximum absolute atomic E-state index is 12.6. The molecule has 0 radical (unpaired) electrons. The Hall–Kier alpha value is -3.43. The van der Waals surface area contributed by atoms with Gasteiger partial charge < -0.3 is 26.0 Å². The van der Waals surface area contributed by atoms with Crippen LogP contribution in [0.1, 0.15) is 35.2 Å². The van der Waals surface area contributed by atoms with Gasteiger partial charge in [-0.25, -0.2) is 4.79 Å². The maximum Gasteiger partial charge on any atom is 0.326 e. The molecule has 2 unspecified atom stereocenters. The molecular formula is C22H23N3O6S. The Bertz CT molecular complexity index is 986. The largest absolute Gasteiger partial charge is 0.493 e. The van der Waals surface area contributed by atoms with Gasteiger partial charge in [0.1, 0.15) is 18.0 Å². The number of ether oxygens (including phenoxy) is 1. The first-order chi connectivity index (χ1) is 15.3. The molecular weight excluding hydrogens is 434 g/mol. The van der Waals surface area contributed by atoms with Crippen LogP contribution in [0.3, 0.4) is 0 Å². The molecule has 5 N–H and O–H groups in total. The van der Waals surface area contributed by atoms with Crippen LogP contribution in [0.5, 0.6) is 5.75 Å². The van der Waals surface area contributed by atoms with Gasteiger partial charge in [0.2, 0.25) is 5.91 Å². The van der Waals surface area contributed by atoms with E-state index < -0.39 is 24.1 Å². The molecule has 0 saturated heterocycles. The smallest absolute Gasteiger partial charge is 0.326 e. The molecule has 2 aromatic rings. The van der Waals surface area contributed by atoms with Crippen molar-refractivity contribution in [2.75, 3.05) is 6.61 Å². The van der Waals surface area contributed by atoms with Crippen LogP contribution < -0.4 is 15.8 Å². The first kappa shape index (κ1) is 24.8. The molecule has 0 spiro atoms. The van der Waals surface area contributed by atoms with Crippen LogP contribution in [0.4, 0.5) is 5.69 Å². The van der Waals surface area contributed by atoms with E-state index in [1.165, 1.54) is 0 Å². The highest BCUT2D eigenvalue weighted by atomic mass is 32.1. The van der Waals surface area contributed by atoms with Crippen LogP contribution in [-0.4, -0.2) is 51.9 Å². The van der Waals surface area contributed by atoms with Gasteiger partial charge in [0, 0.05) is 11.1 Å². The van der Waals surface area contributed by atoms with E-state index in [0.29, 0.717) is 22.6 Å². The summed E-state index contributed by atoms with van der Waals surface area (Å²) in [5.41, 5.74) is 6.76. The van der Waals surface area contributed by atoms with Crippen LogP contribution in [0.15, 0.2) is 53.5 Å². The predicted molar refractivity (Wildman–Crippen MR) is 120 cm³/mol.